The predicted octanol–water partition coefficient (Wildman–Crippen LogP) is -6.60. The molecule has 1 aromatic rings. The van der Waals surface area contributed by atoms with Gasteiger partial charge in [0.2, 0.25) is 59.1 Å². The zero-order valence-corrected chi connectivity index (χ0v) is 42.4. The molecule has 0 bridgehead atoms. The maximum atomic E-state index is 14.2. The lowest BCUT2D eigenvalue weighted by Crippen LogP contribution is -2.60. The standard InChI is InChI=1S/C45H72N14O14S/c1-4-24(2)36(59-41(69)29(18-25-10-6-5-7-11-25)53-34(63)20-52-38(66)31(22-60)58-39(67)26-12-8-15-49-26)43(71)55-27(13-9-16-50-45(47)48)40(68)57-30(19-33(46)62)37(65)51-21-35(64)54-32(23-61)42(70)56-28(44(72)73)14-17-74-3/h5-7,10-11,24,26-32,36,49,60-61H,4,8-9,12-23H2,1-3H3,(H2,46,62)(H,51,65)(H,52,66)(H,53,63)(H,54,64)(H,55,71)(H,56,70)(H,57,68)(H,58,67)(H,59,69)(H,72,73)(H4,47,48,50)/t24-,26-,27-,28-,29-,30-,31-,32-,36-/m0/s1. The van der Waals surface area contributed by atoms with Gasteiger partial charge in [0, 0.05) is 13.0 Å². The smallest absolute Gasteiger partial charge is 0.326 e. The molecule has 28 nitrogen and oxygen atoms in total. The first-order valence-corrected chi connectivity index (χ1v) is 25.2. The number of aliphatic hydroxyl groups is 2. The van der Waals surface area contributed by atoms with Gasteiger partial charge in [-0.25, -0.2) is 4.79 Å². The number of hydrogen-bond acceptors (Lipinski definition) is 16. The number of rotatable bonds is 34. The fourth-order valence-electron chi connectivity index (χ4n) is 7.14. The summed E-state index contributed by atoms with van der Waals surface area (Å²) in [6.07, 6.45) is 2.38. The van der Waals surface area contributed by atoms with Crippen LogP contribution < -0.4 is 70.4 Å². The number of nitrogens with two attached hydrogens (primary N) is 3. The van der Waals surface area contributed by atoms with Crippen LogP contribution in [0.25, 0.3) is 0 Å². The summed E-state index contributed by atoms with van der Waals surface area (Å²) in [6, 6.07) is -2.28. The van der Waals surface area contributed by atoms with Crippen molar-refractivity contribution in [2.45, 2.75) is 114 Å². The number of guanidine groups is 1. The SMILES string of the molecule is CC[C@H](C)[C@H](NC(=O)[C@H](Cc1ccccc1)NC(=O)CNC(=O)[C@H](CO)NC(=O)[C@@H]1CCCN1)C(=O)N[C@@H](CCCN=C(N)N)C(=O)N[C@@H](CC(N)=O)C(=O)NCC(=O)N[C@@H](CO)C(=O)N[C@@H](CCSC)C(=O)O. The minimum atomic E-state index is -1.74. The molecule has 1 aliphatic heterocycles. The fourth-order valence-corrected chi connectivity index (χ4v) is 7.61. The van der Waals surface area contributed by atoms with Crippen molar-refractivity contribution in [3.05, 3.63) is 35.9 Å². The Balaban J connectivity index is 2.28. The molecule has 0 saturated carbocycles. The third-order valence-corrected chi connectivity index (χ3v) is 12.1. The first-order chi connectivity index (χ1) is 35.1. The summed E-state index contributed by atoms with van der Waals surface area (Å²) in [5.41, 5.74) is 16.9. The molecule has 0 spiro atoms. The Labute approximate surface area is 431 Å². The second-order valence-corrected chi connectivity index (χ2v) is 18.2. The molecule has 0 aromatic heterocycles. The molecule has 1 aliphatic rings. The Kier molecular flexibility index (Phi) is 28.6. The lowest BCUT2D eigenvalue weighted by Gasteiger charge is -2.29. The summed E-state index contributed by atoms with van der Waals surface area (Å²) in [4.78, 5) is 147. The van der Waals surface area contributed by atoms with E-state index in [2.05, 4.69) is 58.2 Å². The topological polar surface area (TPSA) is 459 Å². The van der Waals surface area contributed by atoms with Crippen molar-refractivity contribution in [3.63, 3.8) is 0 Å². The van der Waals surface area contributed by atoms with Crippen molar-refractivity contribution < 1.29 is 68.1 Å². The van der Waals surface area contributed by atoms with Gasteiger partial charge in [0.1, 0.15) is 42.3 Å². The van der Waals surface area contributed by atoms with Gasteiger partial charge < -0.3 is 85.7 Å². The normalized spacial score (nSPS) is 16.1. The summed E-state index contributed by atoms with van der Waals surface area (Å²) in [6.45, 7) is 0.716. The van der Waals surface area contributed by atoms with E-state index in [9.17, 15) is 68.1 Å². The average molecular weight is 1070 g/mol. The van der Waals surface area contributed by atoms with E-state index in [1.54, 1.807) is 50.4 Å². The van der Waals surface area contributed by atoms with Crippen LogP contribution in [0.1, 0.15) is 64.4 Å². The molecule has 1 fully saturated rings. The maximum absolute atomic E-state index is 14.2. The summed E-state index contributed by atoms with van der Waals surface area (Å²) >= 11 is 1.33. The maximum Gasteiger partial charge on any atom is 0.326 e. The first kappa shape index (κ1) is 63.0. The van der Waals surface area contributed by atoms with E-state index >= 15 is 0 Å². The Bertz CT molecular complexity index is 2110. The molecule has 10 amide bonds. The lowest BCUT2D eigenvalue weighted by molar-refractivity contribution is -0.142. The Morgan fingerprint density at radius 1 is 0.703 bits per heavy atom. The molecule has 29 heteroatoms. The molecule has 1 aromatic carbocycles. The predicted molar refractivity (Wildman–Crippen MR) is 269 cm³/mol. The van der Waals surface area contributed by atoms with Crippen LogP contribution in [-0.4, -0.2) is 186 Å². The van der Waals surface area contributed by atoms with Gasteiger partial charge in [0.25, 0.3) is 0 Å². The number of hydrogen-bond donors (Lipinski definition) is 16. The van der Waals surface area contributed by atoms with Crippen LogP contribution in [0, 0.1) is 5.92 Å². The largest absolute Gasteiger partial charge is 0.480 e. The molecule has 0 radical (unpaired) electrons. The summed E-state index contributed by atoms with van der Waals surface area (Å²) in [5, 5.41) is 53.5. The van der Waals surface area contributed by atoms with Crippen LogP contribution in [0.5, 0.6) is 0 Å². The number of nitrogens with one attached hydrogen (secondary N) is 10. The Morgan fingerprint density at radius 3 is 1.80 bits per heavy atom. The van der Waals surface area contributed by atoms with Crippen LogP contribution in [0.2, 0.25) is 0 Å². The molecule has 0 unspecified atom stereocenters. The number of benzene rings is 1. The van der Waals surface area contributed by atoms with E-state index in [1.165, 1.54) is 11.8 Å². The fraction of sp³-hybridized carbons (Fsp3) is 0.600. The highest BCUT2D eigenvalue weighted by Gasteiger charge is 2.35. The number of thioether (sulfide) groups is 1. The number of aliphatic imine (C=N–C) groups is 1. The van der Waals surface area contributed by atoms with Crippen molar-refractivity contribution in [3.8, 4) is 0 Å². The average Bonchev–Trinajstić information content (AvgIpc) is 3.92. The van der Waals surface area contributed by atoms with Crippen molar-refractivity contribution >= 4 is 82.8 Å². The van der Waals surface area contributed by atoms with E-state index in [4.69, 9.17) is 17.2 Å². The number of carbonyl (C=O) groups is 11. The number of aliphatic carboxylic acids is 1. The van der Waals surface area contributed by atoms with Gasteiger partial charge in [-0.3, -0.25) is 52.9 Å². The first-order valence-electron chi connectivity index (χ1n) is 23.8. The highest BCUT2D eigenvalue weighted by Crippen LogP contribution is 2.12. The van der Waals surface area contributed by atoms with Gasteiger partial charge in [-0.05, 0) is 62.1 Å². The molecule has 0 aliphatic carbocycles. The number of carbonyl (C=O) groups excluding carboxylic acids is 10. The third-order valence-electron chi connectivity index (χ3n) is 11.4. The van der Waals surface area contributed by atoms with E-state index in [0.717, 1.165) is 6.42 Å². The van der Waals surface area contributed by atoms with Crippen LogP contribution in [0.15, 0.2) is 35.3 Å². The lowest BCUT2D eigenvalue weighted by atomic mass is 9.96. The van der Waals surface area contributed by atoms with Crippen LogP contribution in [-0.2, 0) is 59.2 Å². The van der Waals surface area contributed by atoms with Gasteiger partial charge >= 0.3 is 5.97 Å². The van der Waals surface area contributed by atoms with Gasteiger partial charge in [0.15, 0.2) is 5.96 Å². The second-order valence-electron chi connectivity index (χ2n) is 17.2. The van der Waals surface area contributed by atoms with Crippen molar-refractivity contribution in [2.24, 2.45) is 28.1 Å². The van der Waals surface area contributed by atoms with Gasteiger partial charge in [-0.2, -0.15) is 11.8 Å². The number of aliphatic hydroxyl groups excluding tert-OH is 2. The van der Waals surface area contributed by atoms with E-state index in [0.29, 0.717) is 30.7 Å². The van der Waals surface area contributed by atoms with Crippen LogP contribution in [0.4, 0.5) is 0 Å². The molecule has 19 N–H and O–H groups in total. The molecular weight excluding hydrogens is 993 g/mol. The van der Waals surface area contributed by atoms with Gasteiger partial charge in [-0.1, -0.05) is 50.6 Å². The Morgan fingerprint density at radius 2 is 1.26 bits per heavy atom. The van der Waals surface area contributed by atoms with Gasteiger partial charge in [-0.15, -0.1) is 0 Å². The molecule has 412 valence electrons. The van der Waals surface area contributed by atoms with Crippen LogP contribution in [0.3, 0.4) is 0 Å². The molecular formula is C45H72N14O14S. The highest BCUT2D eigenvalue weighted by atomic mass is 32.2. The summed E-state index contributed by atoms with van der Waals surface area (Å²) in [7, 11) is 0. The number of primary amides is 1. The van der Waals surface area contributed by atoms with E-state index in [1.807, 2.05) is 0 Å². The summed E-state index contributed by atoms with van der Waals surface area (Å²) < 4.78 is 0. The molecule has 74 heavy (non-hydrogen) atoms. The van der Waals surface area contributed by atoms with Crippen molar-refractivity contribution in [2.75, 3.05) is 51.4 Å². The molecule has 2 rings (SSSR count). The number of amides is 10. The number of carboxylic acid groups (broad SMARTS) is 1. The second kappa shape index (κ2) is 33.6. The minimum Gasteiger partial charge on any atom is -0.480 e. The number of nitrogens with zero attached hydrogens (tertiary/aromatic N) is 1. The van der Waals surface area contributed by atoms with Crippen LogP contribution >= 0.6 is 11.8 Å². The molecule has 9 atom stereocenters. The van der Waals surface area contributed by atoms with Gasteiger partial charge in [0.05, 0.1) is 38.8 Å². The minimum absolute atomic E-state index is 0.0238. The highest BCUT2D eigenvalue weighted by molar-refractivity contribution is 7.98. The Hall–Kier alpha value is -7.11. The van der Waals surface area contributed by atoms with Crippen molar-refractivity contribution in [1.29, 1.82) is 0 Å². The van der Waals surface area contributed by atoms with E-state index in [-0.39, 0.29) is 38.2 Å². The molecule has 1 saturated heterocycles. The van der Waals surface area contributed by atoms with Crippen molar-refractivity contribution in [1.82, 2.24) is 53.2 Å². The monoisotopic (exact) mass is 1060 g/mol. The third kappa shape index (κ3) is 23.2. The molecule has 1 heterocycles. The number of carboxylic acids is 1. The quantitative estimate of drug-likeness (QED) is 0.0173. The zero-order chi connectivity index (χ0) is 55.3. The zero-order valence-electron chi connectivity index (χ0n) is 41.6. The van der Waals surface area contributed by atoms with E-state index < -0.39 is 152 Å². The summed E-state index contributed by atoms with van der Waals surface area (Å²) in [5.74, 6) is -11.0.